The second-order valence-electron chi connectivity index (χ2n) is 4.87. The van der Waals surface area contributed by atoms with Crippen molar-refractivity contribution in [2.45, 2.75) is 25.8 Å². The van der Waals surface area contributed by atoms with E-state index < -0.39 is 0 Å². The minimum atomic E-state index is -0.192. The molecular formula is C16H17BrFN. The van der Waals surface area contributed by atoms with E-state index in [1.54, 1.807) is 6.07 Å². The van der Waals surface area contributed by atoms with E-state index in [9.17, 15) is 4.39 Å². The van der Waals surface area contributed by atoms with Crippen molar-refractivity contribution in [3.8, 4) is 0 Å². The molecule has 2 N–H and O–H groups in total. The number of halogens is 2. The van der Waals surface area contributed by atoms with Crippen LogP contribution in [0.5, 0.6) is 0 Å². The van der Waals surface area contributed by atoms with Gasteiger partial charge in [0, 0.05) is 10.5 Å². The third-order valence-corrected chi connectivity index (χ3v) is 3.73. The fraction of sp³-hybridized carbons (Fsp3) is 0.250. The highest BCUT2D eigenvalue weighted by Gasteiger charge is 2.08. The molecule has 3 heteroatoms. The Morgan fingerprint density at radius 2 is 1.79 bits per heavy atom. The molecule has 0 saturated heterocycles. The first-order chi connectivity index (χ1) is 9.04. The Balaban J connectivity index is 2.01. The van der Waals surface area contributed by atoms with Gasteiger partial charge in [0.2, 0.25) is 0 Å². The van der Waals surface area contributed by atoms with Crippen molar-refractivity contribution >= 4 is 15.9 Å². The van der Waals surface area contributed by atoms with E-state index >= 15 is 0 Å². The van der Waals surface area contributed by atoms with Crippen molar-refractivity contribution in [1.29, 1.82) is 0 Å². The van der Waals surface area contributed by atoms with Gasteiger partial charge in [-0.15, -0.1) is 0 Å². The average Bonchev–Trinajstić information content (AvgIpc) is 2.36. The van der Waals surface area contributed by atoms with Crippen molar-refractivity contribution in [2.24, 2.45) is 5.73 Å². The highest BCUT2D eigenvalue weighted by atomic mass is 79.9. The van der Waals surface area contributed by atoms with Gasteiger partial charge < -0.3 is 5.73 Å². The quantitative estimate of drug-likeness (QED) is 0.904. The predicted molar refractivity (Wildman–Crippen MR) is 80.7 cm³/mol. The summed E-state index contributed by atoms with van der Waals surface area (Å²) in [4.78, 5) is 0. The first-order valence-electron chi connectivity index (χ1n) is 6.29. The lowest BCUT2D eigenvalue weighted by atomic mass is 9.97. The zero-order valence-electron chi connectivity index (χ0n) is 10.9. The Kier molecular flexibility index (Phi) is 4.72. The molecule has 100 valence electrons. The number of benzene rings is 2. The standard InChI is InChI=1S/C16H17BrFN/c1-11-8-15(18)7-4-13(11)10-16(19)9-12-2-5-14(17)6-3-12/h2-8,16H,9-10,19H2,1H3. The molecule has 0 spiro atoms. The van der Waals surface area contributed by atoms with Crippen LogP contribution in [0.4, 0.5) is 4.39 Å². The van der Waals surface area contributed by atoms with E-state index in [0.29, 0.717) is 0 Å². The summed E-state index contributed by atoms with van der Waals surface area (Å²) < 4.78 is 14.1. The molecule has 1 atom stereocenters. The summed E-state index contributed by atoms with van der Waals surface area (Å²) >= 11 is 3.41. The van der Waals surface area contributed by atoms with Crippen LogP contribution < -0.4 is 5.73 Å². The van der Waals surface area contributed by atoms with Crippen LogP contribution in [0.3, 0.4) is 0 Å². The summed E-state index contributed by atoms with van der Waals surface area (Å²) in [6, 6.07) is 13.1. The van der Waals surface area contributed by atoms with Gasteiger partial charge in [-0.1, -0.05) is 34.1 Å². The predicted octanol–water partition coefficient (Wildman–Crippen LogP) is 4.01. The Bertz CT molecular complexity index is 551. The van der Waals surface area contributed by atoms with Crippen LogP contribution in [0.2, 0.25) is 0 Å². The van der Waals surface area contributed by atoms with Gasteiger partial charge in [0.15, 0.2) is 0 Å². The van der Waals surface area contributed by atoms with Crippen molar-refractivity contribution in [1.82, 2.24) is 0 Å². The minimum absolute atomic E-state index is 0.0466. The molecule has 0 bridgehead atoms. The van der Waals surface area contributed by atoms with Gasteiger partial charge in [0.25, 0.3) is 0 Å². The molecular weight excluding hydrogens is 305 g/mol. The lowest BCUT2D eigenvalue weighted by Crippen LogP contribution is -2.25. The summed E-state index contributed by atoms with van der Waals surface area (Å²) in [5, 5.41) is 0. The number of hydrogen-bond donors (Lipinski definition) is 1. The molecule has 19 heavy (non-hydrogen) atoms. The van der Waals surface area contributed by atoms with Gasteiger partial charge >= 0.3 is 0 Å². The van der Waals surface area contributed by atoms with Crippen LogP contribution in [0, 0.1) is 12.7 Å². The summed E-state index contributed by atoms with van der Waals surface area (Å²) in [7, 11) is 0. The SMILES string of the molecule is Cc1cc(F)ccc1CC(N)Cc1ccc(Br)cc1. The normalized spacial score (nSPS) is 12.4. The van der Waals surface area contributed by atoms with Gasteiger partial charge in [0.1, 0.15) is 5.82 Å². The maximum atomic E-state index is 13.0. The van der Waals surface area contributed by atoms with E-state index in [4.69, 9.17) is 5.73 Å². The van der Waals surface area contributed by atoms with Gasteiger partial charge in [-0.05, 0) is 60.7 Å². The molecule has 1 nitrogen and oxygen atoms in total. The second kappa shape index (κ2) is 6.31. The van der Waals surface area contributed by atoms with E-state index in [0.717, 1.165) is 28.4 Å². The van der Waals surface area contributed by atoms with E-state index in [-0.39, 0.29) is 11.9 Å². The number of rotatable bonds is 4. The van der Waals surface area contributed by atoms with Crippen LogP contribution >= 0.6 is 15.9 Å². The molecule has 2 rings (SSSR count). The van der Waals surface area contributed by atoms with E-state index in [1.165, 1.54) is 11.6 Å². The van der Waals surface area contributed by atoms with Gasteiger partial charge in [0.05, 0.1) is 0 Å². The Morgan fingerprint density at radius 1 is 1.11 bits per heavy atom. The first-order valence-corrected chi connectivity index (χ1v) is 7.09. The summed E-state index contributed by atoms with van der Waals surface area (Å²) in [6.07, 6.45) is 1.59. The third kappa shape index (κ3) is 4.15. The van der Waals surface area contributed by atoms with Gasteiger partial charge in [-0.25, -0.2) is 4.39 Å². The number of nitrogens with two attached hydrogens (primary N) is 1. The van der Waals surface area contributed by atoms with Crippen LogP contribution in [-0.4, -0.2) is 6.04 Å². The lowest BCUT2D eigenvalue weighted by molar-refractivity contribution is 0.621. The zero-order chi connectivity index (χ0) is 13.8. The summed E-state index contributed by atoms with van der Waals surface area (Å²) in [5.41, 5.74) is 9.48. The molecule has 0 aliphatic carbocycles. The highest BCUT2D eigenvalue weighted by Crippen LogP contribution is 2.15. The molecule has 2 aromatic carbocycles. The maximum Gasteiger partial charge on any atom is 0.123 e. The van der Waals surface area contributed by atoms with Crippen molar-refractivity contribution in [3.63, 3.8) is 0 Å². The first kappa shape index (κ1) is 14.2. The molecule has 0 radical (unpaired) electrons. The molecule has 0 heterocycles. The molecule has 0 aliphatic rings. The Hall–Kier alpha value is -1.19. The Labute approximate surface area is 121 Å². The summed E-state index contributed by atoms with van der Waals surface area (Å²) in [5.74, 6) is -0.192. The lowest BCUT2D eigenvalue weighted by Gasteiger charge is -2.13. The fourth-order valence-electron chi connectivity index (χ4n) is 2.17. The Morgan fingerprint density at radius 3 is 2.42 bits per heavy atom. The van der Waals surface area contributed by atoms with Crippen LogP contribution in [-0.2, 0) is 12.8 Å². The van der Waals surface area contributed by atoms with E-state index in [1.807, 2.05) is 25.1 Å². The molecule has 2 aromatic rings. The number of hydrogen-bond acceptors (Lipinski definition) is 1. The largest absolute Gasteiger partial charge is 0.327 e. The zero-order valence-corrected chi connectivity index (χ0v) is 12.5. The van der Waals surface area contributed by atoms with Gasteiger partial charge in [-0.2, -0.15) is 0 Å². The second-order valence-corrected chi connectivity index (χ2v) is 5.78. The topological polar surface area (TPSA) is 26.0 Å². The molecule has 0 aliphatic heterocycles. The highest BCUT2D eigenvalue weighted by molar-refractivity contribution is 9.10. The molecule has 0 aromatic heterocycles. The fourth-order valence-corrected chi connectivity index (χ4v) is 2.43. The van der Waals surface area contributed by atoms with E-state index in [2.05, 4.69) is 28.1 Å². The molecule has 0 saturated carbocycles. The average molecular weight is 322 g/mol. The minimum Gasteiger partial charge on any atom is -0.327 e. The molecule has 1 unspecified atom stereocenters. The maximum absolute atomic E-state index is 13.0. The van der Waals surface area contributed by atoms with Crippen molar-refractivity contribution < 1.29 is 4.39 Å². The van der Waals surface area contributed by atoms with Crippen LogP contribution in [0.25, 0.3) is 0 Å². The van der Waals surface area contributed by atoms with Gasteiger partial charge in [-0.3, -0.25) is 0 Å². The third-order valence-electron chi connectivity index (χ3n) is 3.20. The number of aryl methyl sites for hydroxylation is 1. The van der Waals surface area contributed by atoms with Crippen molar-refractivity contribution in [3.05, 3.63) is 69.4 Å². The van der Waals surface area contributed by atoms with Crippen LogP contribution in [0.15, 0.2) is 46.9 Å². The molecule has 0 fully saturated rings. The monoisotopic (exact) mass is 321 g/mol. The summed E-state index contributed by atoms with van der Waals surface area (Å²) in [6.45, 7) is 1.92. The van der Waals surface area contributed by atoms with Crippen molar-refractivity contribution in [2.75, 3.05) is 0 Å². The molecule has 0 amide bonds. The smallest absolute Gasteiger partial charge is 0.123 e. The van der Waals surface area contributed by atoms with Crippen LogP contribution in [0.1, 0.15) is 16.7 Å².